The standard InChI is InChI=1S/C12H17N5/c1-9(2)14-6-11-7-16-17(10(11)3)12-4-5-13-8-15-12/h4-5,7-9,14H,6H2,1-3H3. The molecule has 5 heteroatoms. The maximum atomic E-state index is 4.35. The molecule has 0 saturated heterocycles. The van der Waals surface area contributed by atoms with Gasteiger partial charge in [-0.3, -0.25) is 0 Å². The Hall–Kier alpha value is -1.75. The zero-order valence-corrected chi connectivity index (χ0v) is 10.4. The summed E-state index contributed by atoms with van der Waals surface area (Å²) in [5, 5.41) is 7.73. The molecule has 0 aromatic carbocycles. The van der Waals surface area contributed by atoms with Crippen LogP contribution in [0.15, 0.2) is 24.8 Å². The van der Waals surface area contributed by atoms with E-state index < -0.39 is 0 Å². The van der Waals surface area contributed by atoms with Crippen LogP contribution >= 0.6 is 0 Å². The van der Waals surface area contributed by atoms with Gasteiger partial charge in [0.2, 0.25) is 0 Å². The van der Waals surface area contributed by atoms with Crippen LogP contribution in [0.3, 0.4) is 0 Å². The van der Waals surface area contributed by atoms with Crippen molar-refractivity contribution in [2.75, 3.05) is 0 Å². The number of rotatable bonds is 4. The van der Waals surface area contributed by atoms with Crippen molar-refractivity contribution in [2.45, 2.75) is 33.4 Å². The van der Waals surface area contributed by atoms with Crippen LogP contribution in [-0.4, -0.2) is 25.8 Å². The van der Waals surface area contributed by atoms with Crippen LogP contribution in [0.1, 0.15) is 25.1 Å². The van der Waals surface area contributed by atoms with Crippen molar-refractivity contribution >= 4 is 0 Å². The van der Waals surface area contributed by atoms with Gasteiger partial charge >= 0.3 is 0 Å². The van der Waals surface area contributed by atoms with Crippen molar-refractivity contribution in [3.8, 4) is 5.82 Å². The van der Waals surface area contributed by atoms with Gasteiger partial charge in [-0.1, -0.05) is 13.8 Å². The summed E-state index contributed by atoms with van der Waals surface area (Å²) in [5.74, 6) is 0.799. The molecule has 17 heavy (non-hydrogen) atoms. The van der Waals surface area contributed by atoms with E-state index in [0.717, 1.165) is 18.1 Å². The molecule has 2 heterocycles. The first-order valence-electron chi connectivity index (χ1n) is 5.71. The first-order valence-corrected chi connectivity index (χ1v) is 5.71. The Balaban J connectivity index is 2.21. The summed E-state index contributed by atoms with van der Waals surface area (Å²) in [5.41, 5.74) is 2.30. The number of aromatic nitrogens is 4. The zero-order valence-electron chi connectivity index (χ0n) is 10.4. The smallest absolute Gasteiger partial charge is 0.156 e. The van der Waals surface area contributed by atoms with Crippen molar-refractivity contribution in [1.29, 1.82) is 0 Å². The molecule has 0 unspecified atom stereocenters. The molecule has 1 N–H and O–H groups in total. The van der Waals surface area contributed by atoms with E-state index in [9.17, 15) is 0 Å². The van der Waals surface area contributed by atoms with Gasteiger partial charge in [-0.05, 0) is 6.92 Å². The first kappa shape index (κ1) is 11.7. The normalized spacial score (nSPS) is 11.1. The van der Waals surface area contributed by atoms with Crippen molar-refractivity contribution in [2.24, 2.45) is 0 Å². The lowest BCUT2D eigenvalue weighted by molar-refractivity contribution is 0.587. The van der Waals surface area contributed by atoms with Crippen molar-refractivity contribution in [1.82, 2.24) is 25.1 Å². The number of hydrogen-bond acceptors (Lipinski definition) is 4. The van der Waals surface area contributed by atoms with Gasteiger partial charge in [-0.25, -0.2) is 14.6 Å². The molecule has 2 rings (SSSR count). The lowest BCUT2D eigenvalue weighted by Crippen LogP contribution is -2.22. The third-order valence-corrected chi connectivity index (χ3v) is 2.60. The van der Waals surface area contributed by atoms with Crippen LogP contribution in [0, 0.1) is 6.92 Å². The highest BCUT2D eigenvalue weighted by molar-refractivity contribution is 5.26. The summed E-state index contributed by atoms with van der Waals surface area (Å²) < 4.78 is 1.83. The molecule has 0 spiro atoms. The molecule has 0 saturated carbocycles. The van der Waals surface area contributed by atoms with E-state index in [1.807, 2.05) is 23.9 Å². The van der Waals surface area contributed by atoms with Crippen molar-refractivity contribution < 1.29 is 0 Å². The maximum Gasteiger partial charge on any atom is 0.156 e. The number of hydrogen-bond donors (Lipinski definition) is 1. The summed E-state index contributed by atoms with van der Waals surface area (Å²) in [6.45, 7) is 7.13. The molecule has 0 aliphatic rings. The van der Waals surface area contributed by atoms with Crippen LogP contribution in [-0.2, 0) is 6.54 Å². The highest BCUT2D eigenvalue weighted by Crippen LogP contribution is 2.11. The molecular weight excluding hydrogens is 214 g/mol. The largest absolute Gasteiger partial charge is 0.310 e. The molecule has 0 atom stereocenters. The first-order chi connectivity index (χ1) is 8.18. The molecule has 0 radical (unpaired) electrons. The molecule has 0 amide bonds. The Labute approximate surface area is 101 Å². The number of nitrogens with zero attached hydrogens (tertiary/aromatic N) is 4. The predicted octanol–water partition coefficient (Wildman–Crippen LogP) is 1.47. The Morgan fingerprint density at radius 1 is 1.41 bits per heavy atom. The lowest BCUT2D eigenvalue weighted by Gasteiger charge is -2.07. The van der Waals surface area contributed by atoms with E-state index in [1.54, 1.807) is 6.20 Å². The van der Waals surface area contributed by atoms with E-state index >= 15 is 0 Å². The minimum Gasteiger partial charge on any atom is -0.310 e. The minimum atomic E-state index is 0.469. The molecule has 90 valence electrons. The fraction of sp³-hybridized carbons (Fsp3) is 0.417. The second-order valence-corrected chi connectivity index (χ2v) is 4.27. The summed E-state index contributed by atoms with van der Waals surface area (Å²) in [7, 11) is 0. The van der Waals surface area contributed by atoms with E-state index in [4.69, 9.17) is 0 Å². The van der Waals surface area contributed by atoms with Crippen LogP contribution < -0.4 is 5.32 Å². The monoisotopic (exact) mass is 231 g/mol. The van der Waals surface area contributed by atoms with Crippen LogP contribution in [0.4, 0.5) is 0 Å². The van der Waals surface area contributed by atoms with Crippen molar-refractivity contribution in [3.63, 3.8) is 0 Å². The van der Waals surface area contributed by atoms with E-state index in [2.05, 4.69) is 34.2 Å². The molecule has 0 fully saturated rings. The van der Waals surface area contributed by atoms with E-state index in [-0.39, 0.29) is 0 Å². The van der Waals surface area contributed by atoms with Crippen molar-refractivity contribution in [3.05, 3.63) is 36.0 Å². The van der Waals surface area contributed by atoms with Crippen LogP contribution in [0.25, 0.3) is 5.82 Å². The fourth-order valence-corrected chi connectivity index (χ4v) is 1.57. The average Bonchev–Trinajstić information content (AvgIpc) is 2.69. The Morgan fingerprint density at radius 3 is 2.88 bits per heavy atom. The lowest BCUT2D eigenvalue weighted by atomic mass is 10.2. The van der Waals surface area contributed by atoms with Gasteiger partial charge in [0.15, 0.2) is 5.82 Å². The Kier molecular flexibility index (Phi) is 3.49. The average molecular weight is 231 g/mol. The molecule has 0 bridgehead atoms. The maximum absolute atomic E-state index is 4.35. The van der Waals surface area contributed by atoms with Gasteiger partial charge in [0.25, 0.3) is 0 Å². The molecule has 2 aromatic rings. The van der Waals surface area contributed by atoms with Crippen LogP contribution in [0.2, 0.25) is 0 Å². The highest BCUT2D eigenvalue weighted by atomic mass is 15.3. The third-order valence-electron chi connectivity index (χ3n) is 2.60. The third kappa shape index (κ3) is 2.68. The second-order valence-electron chi connectivity index (χ2n) is 4.27. The molecule has 0 aliphatic heterocycles. The SMILES string of the molecule is Cc1c(CNC(C)C)cnn1-c1ccncn1. The van der Waals surface area contributed by atoms with Gasteiger partial charge in [-0.2, -0.15) is 5.10 Å². The second kappa shape index (κ2) is 5.05. The summed E-state index contributed by atoms with van der Waals surface area (Å²) in [6.07, 6.45) is 5.13. The summed E-state index contributed by atoms with van der Waals surface area (Å²) >= 11 is 0. The molecule has 0 aliphatic carbocycles. The Bertz CT molecular complexity index is 475. The Morgan fingerprint density at radius 2 is 2.24 bits per heavy atom. The van der Waals surface area contributed by atoms with Gasteiger partial charge < -0.3 is 5.32 Å². The molecule has 2 aromatic heterocycles. The summed E-state index contributed by atoms with van der Waals surface area (Å²) in [4.78, 5) is 8.09. The fourth-order valence-electron chi connectivity index (χ4n) is 1.57. The molecule has 5 nitrogen and oxygen atoms in total. The quantitative estimate of drug-likeness (QED) is 0.865. The van der Waals surface area contributed by atoms with Gasteiger partial charge in [0.1, 0.15) is 6.33 Å². The molecular formula is C12H17N5. The minimum absolute atomic E-state index is 0.469. The summed E-state index contributed by atoms with van der Waals surface area (Å²) in [6, 6.07) is 2.32. The van der Waals surface area contributed by atoms with Crippen LogP contribution in [0.5, 0.6) is 0 Å². The number of nitrogens with one attached hydrogen (secondary N) is 1. The van der Waals surface area contributed by atoms with Gasteiger partial charge in [-0.15, -0.1) is 0 Å². The highest BCUT2D eigenvalue weighted by Gasteiger charge is 2.08. The predicted molar refractivity (Wildman–Crippen MR) is 65.9 cm³/mol. The zero-order chi connectivity index (χ0) is 12.3. The van der Waals surface area contributed by atoms with E-state index in [1.165, 1.54) is 11.9 Å². The van der Waals surface area contributed by atoms with Gasteiger partial charge in [0, 0.05) is 36.1 Å². The van der Waals surface area contributed by atoms with E-state index in [0.29, 0.717) is 6.04 Å². The topological polar surface area (TPSA) is 55.6 Å². The van der Waals surface area contributed by atoms with Gasteiger partial charge in [0.05, 0.1) is 6.20 Å².